The molecule has 1 N–H and O–H groups in total. The maximum Gasteiger partial charge on any atom is 0.257 e. The lowest BCUT2D eigenvalue weighted by atomic mass is 10.2. The zero-order valence-corrected chi connectivity index (χ0v) is 13.5. The zero-order valence-electron chi connectivity index (χ0n) is 9.75. The molecule has 2 aromatic rings. The van der Waals surface area contributed by atoms with Gasteiger partial charge in [0.1, 0.15) is 0 Å². The van der Waals surface area contributed by atoms with Crippen LogP contribution in [0.15, 0.2) is 18.2 Å². The van der Waals surface area contributed by atoms with Gasteiger partial charge in [0.2, 0.25) is 0 Å². The first-order valence-electron chi connectivity index (χ1n) is 5.18. The maximum absolute atomic E-state index is 12.0. The van der Waals surface area contributed by atoms with Gasteiger partial charge < -0.3 is 0 Å². The second kappa shape index (κ2) is 5.54. The van der Waals surface area contributed by atoms with E-state index >= 15 is 0 Å². The zero-order chi connectivity index (χ0) is 13.3. The molecule has 0 aliphatic heterocycles. The van der Waals surface area contributed by atoms with E-state index in [9.17, 15) is 4.79 Å². The van der Waals surface area contributed by atoms with Gasteiger partial charge in [-0.2, -0.15) is 0 Å². The molecule has 0 aliphatic carbocycles. The fourth-order valence-corrected chi connectivity index (χ4v) is 2.78. The monoisotopic (exact) mass is 392 g/mol. The van der Waals surface area contributed by atoms with Crippen molar-refractivity contribution >= 4 is 56.6 Å². The predicted molar refractivity (Wildman–Crippen MR) is 83.7 cm³/mol. The number of hydrogen-bond donors (Lipinski definition) is 1. The van der Waals surface area contributed by atoms with Gasteiger partial charge in [0.05, 0.1) is 10.7 Å². The molecule has 0 spiro atoms. The molecule has 3 nitrogen and oxygen atoms in total. The lowest BCUT2D eigenvalue weighted by molar-refractivity contribution is 0.102. The number of aromatic nitrogens is 1. The summed E-state index contributed by atoms with van der Waals surface area (Å²) in [6.07, 6.45) is 0. The third kappa shape index (κ3) is 3.02. The molecular weight excluding hydrogens is 383 g/mol. The van der Waals surface area contributed by atoms with Gasteiger partial charge in [-0.25, -0.2) is 4.98 Å². The molecule has 0 aliphatic rings. The molecule has 1 amide bonds. The van der Waals surface area contributed by atoms with E-state index in [0.717, 1.165) is 14.1 Å². The molecule has 0 saturated heterocycles. The summed E-state index contributed by atoms with van der Waals surface area (Å²) in [6.45, 7) is 3.90. The molecule has 1 aromatic heterocycles. The van der Waals surface area contributed by atoms with Gasteiger partial charge >= 0.3 is 0 Å². The normalized spacial score (nSPS) is 10.4. The maximum atomic E-state index is 12.0. The summed E-state index contributed by atoms with van der Waals surface area (Å²) in [5, 5.41) is 4.06. The number of hydrogen-bond acceptors (Lipinski definition) is 3. The SMILES string of the molecule is Cc1nc(NC(=O)c2ccc(Cl)c(I)c2)sc1C. The van der Waals surface area contributed by atoms with Crippen LogP contribution in [0.1, 0.15) is 20.9 Å². The van der Waals surface area contributed by atoms with Gasteiger partial charge in [0.25, 0.3) is 5.91 Å². The number of amides is 1. The first kappa shape index (κ1) is 13.8. The smallest absolute Gasteiger partial charge is 0.257 e. The van der Waals surface area contributed by atoms with Crippen molar-refractivity contribution in [3.05, 3.63) is 42.9 Å². The van der Waals surface area contributed by atoms with Crippen LogP contribution in [0.3, 0.4) is 0 Å². The van der Waals surface area contributed by atoms with E-state index < -0.39 is 0 Å². The van der Waals surface area contributed by atoms with Gasteiger partial charge in [-0.1, -0.05) is 11.6 Å². The highest BCUT2D eigenvalue weighted by Gasteiger charge is 2.11. The van der Waals surface area contributed by atoms with Gasteiger partial charge in [0.15, 0.2) is 5.13 Å². The van der Waals surface area contributed by atoms with E-state index in [-0.39, 0.29) is 5.91 Å². The highest BCUT2D eigenvalue weighted by molar-refractivity contribution is 14.1. The number of carbonyl (C=O) groups is 1. The first-order valence-corrected chi connectivity index (χ1v) is 7.45. The van der Waals surface area contributed by atoms with Crippen molar-refractivity contribution in [2.45, 2.75) is 13.8 Å². The largest absolute Gasteiger partial charge is 0.298 e. The third-order valence-electron chi connectivity index (χ3n) is 2.43. The molecule has 6 heteroatoms. The van der Waals surface area contributed by atoms with Crippen molar-refractivity contribution < 1.29 is 4.79 Å². The van der Waals surface area contributed by atoms with Crippen LogP contribution in [0.4, 0.5) is 5.13 Å². The molecule has 94 valence electrons. The highest BCUT2D eigenvalue weighted by atomic mass is 127. The van der Waals surface area contributed by atoms with Crippen LogP contribution in [0.2, 0.25) is 5.02 Å². The third-order valence-corrected chi connectivity index (χ3v) is 4.96. The Morgan fingerprint density at radius 3 is 2.72 bits per heavy atom. The molecule has 1 heterocycles. The Kier molecular flexibility index (Phi) is 4.24. The van der Waals surface area contributed by atoms with Crippen LogP contribution in [-0.2, 0) is 0 Å². The van der Waals surface area contributed by atoms with E-state index in [4.69, 9.17) is 11.6 Å². The van der Waals surface area contributed by atoms with Crippen molar-refractivity contribution in [1.29, 1.82) is 0 Å². The fraction of sp³-hybridized carbons (Fsp3) is 0.167. The number of anilines is 1. The molecule has 18 heavy (non-hydrogen) atoms. The van der Waals surface area contributed by atoms with Crippen LogP contribution in [0.5, 0.6) is 0 Å². The minimum Gasteiger partial charge on any atom is -0.298 e. The molecule has 0 bridgehead atoms. The quantitative estimate of drug-likeness (QED) is 0.776. The number of carbonyl (C=O) groups excluding carboxylic acids is 1. The minimum atomic E-state index is -0.168. The lowest BCUT2D eigenvalue weighted by Crippen LogP contribution is -2.11. The molecule has 1 aromatic carbocycles. The van der Waals surface area contributed by atoms with Gasteiger partial charge in [-0.05, 0) is 54.6 Å². The van der Waals surface area contributed by atoms with E-state index in [2.05, 4.69) is 32.9 Å². The average Bonchev–Trinajstić information content (AvgIpc) is 2.61. The van der Waals surface area contributed by atoms with Crippen LogP contribution < -0.4 is 5.32 Å². The Labute approximate surface area is 128 Å². The number of nitrogens with one attached hydrogen (secondary N) is 1. The summed E-state index contributed by atoms with van der Waals surface area (Å²) in [5.74, 6) is -0.168. The summed E-state index contributed by atoms with van der Waals surface area (Å²) >= 11 is 9.49. The Morgan fingerprint density at radius 2 is 2.17 bits per heavy atom. The highest BCUT2D eigenvalue weighted by Crippen LogP contribution is 2.23. The fourth-order valence-electron chi connectivity index (χ4n) is 1.33. The van der Waals surface area contributed by atoms with E-state index in [1.807, 2.05) is 13.8 Å². The summed E-state index contributed by atoms with van der Waals surface area (Å²) in [6, 6.07) is 5.18. The minimum absolute atomic E-state index is 0.168. The Balaban J connectivity index is 2.19. The van der Waals surface area contributed by atoms with Crippen molar-refractivity contribution in [3.8, 4) is 0 Å². The molecule has 0 radical (unpaired) electrons. The van der Waals surface area contributed by atoms with Crippen molar-refractivity contribution in [2.75, 3.05) is 5.32 Å². The number of thiazole rings is 1. The number of rotatable bonds is 2. The molecule has 0 saturated carbocycles. The summed E-state index contributed by atoms with van der Waals surface area (Å²) in [4.78, 5) is 17.4. The number of nitrogens with zero attached hydrogens (tertiary/aromatic N) is 1. The van der Waals surface area contributed by atoms with Crippen LogP contribution in [0.25, 0.3) is 0 Å². The summed E-state index contributed by atoms with van der Waals surface area (Å²) in [7, 11) is 0. The van der Waals surface area contributed by atoms with Gasteiger partial charge in [-0.3, -0.25) is 10.1 Å². The molecule has 2 rings (SSSR count). The van der Waals surface area contributed by atoms with Gasteiger partial charge in [0, 0.05) is 14.0 Å². The van der Waals surface area contributed by atoms with E-state index in [1.165, 1.54) is 11.3 Å². The van der Waals surface area contributed by atoms with Crippen LogP contribution in [0, 0.1) is 17.4 Å². The van der Waals surface area contributed by atoms with Gasteiger partial charge in [-0.15, -0.1) is 11.3 Å². The summed E-state index contributed by atoms with van der Waals surface area (Å²) < 4.78 is 0.855. The molecule has 0 atom stereocenters. The Hall–Kier alpha value is -0.660. The predicted octanol–water partition coefficient (Wildman–Crippen LogP) is 4.27. The van der Waals surface area contributed by atoms with Crippen molar-refractivity contribution in [3.63, 3.8) is 0 Å². The van der Waals surface area contributed by atoms with Crippen molar-refractivity contribution in [2.24, 2.45) is 0 Å². The average molecular weight is 393 g/mol. The molecular formula is C12H10ClIN2OS. The summed E-state index contributed by atoms with van der Waals surface area (Å²) in [5.41, 5.74) is 1.52. The standard InChI is InChI=1S/C12H10ClIN2OS/c1-6-7(2)18-12(15-6)16-11(17)8-3-4-9(13)10(14)5-8/h3-5H,1-2H3,(H,15,16,17). The number of halogens is 2. The van der Waals surface area contributed by atoms with Crippen LogP contribution in [-0.4, -0.2) is 10.9 Å². The molecule has 0 unspecified atom stereocenters. The van der Waals surface area contributed by atoms with Crippen molar-refractivity contribution in [1.82, 2.24) is 4.98 Å². The lowest BCUT2D eigenvalue weighted by Gasteiger charge is -2.03. The number of aryl methyl sites for hydroxylation is 2. The van der Waals surface area contributed by atoms with Crippen LogP contribution >= 0.6 is 45.5 Å². The topological polar surface area (TPSA) is 42.0 Å². The second-order valence-electron chi connectivity index (χ2n) is 3.74. The van der Waals surface area contributed by atoms with E-state index in [1.54, 1.807) is 18.2 Å². The Morgan fingerprint density at radius 1 is 1.44 bits per heavy atom. The second-order valence-corrected chi connectivity index (χ2v) is 6.52. The van der Waals surface area contributed by atoms with E-state index in [0.29, 0.717) is 15.7 Å². The first-order chi connectivity index (χ1) is 8.47. The Bertz CT molecular complexity index is 593. The number of benzene rings is 1. The molecule has 0 fully saturated rings.